The molecule has 0 bridgehead atoms. The maximum atomic E-state index is 13.7. The summed E-state index contributed by atoms with van der Waals surface area (Å²) in [6.45, 7) is 2.18. The molecule has 1 aliphatic rings. The SMILES string of the molecule is Cc1ccc(C2CC(c3cccs3)=NN2C(=O)CSc2nnc(CNC(=O)c3ccco3)n2-c2ccccc2)cc1. The Morgan fingerprint density at radius 3 is 2.59 bits per heavy atom. The number of hydrogen-bond acceptors (Lipinski definition) is 8. The lowest BCUT2D eigenvalue weighted by atomic mass is 10.00. The number of carbonyl (C=O) groups is 2. The van der Waals surface area contributed by atoms with Crippen LogP contribution in [0.1, 0.15) is 44.8 Å². The molecule has 2 amide bonds. The zero-order valence-corrected chi connectivity index (χ0v) is 23.8. The fourth-order valence-corrected chi connectivity index (χ4v) is 6.12. The van der Waals surface area contributed by atoms with Crippen LogP contribution in [0.25, 0.3) is 5.69 Å². The van der Waals surface area contributed by atoms with Crippen molar-refractivity contribution in [3.8, 4) is 5.69 Å². The van der Waals surface area contributed by atoms with Gasteiger partial charge in [0, 0.05) is 12.1 Å². The topological polar surface area (TPSA) is 106 Å². The van der Waals surface area contributed by atoms with Crippen LogP contribution in [0, 0.1) is 6.92 Å². The molecule has 0 saturated carbocycles. The van der Waals surface area contributed by atoms with Crippen molar-refractivity contribution in [2.75, 3.05) is 5.75 Å². The molecule has 6 rings (SSSR count). The van der Waals surface area contributed by atoms with Gasteiger partial charge in [-0.25, -0.2) is 5.01 Å². The molecule has 0 spiro atoms. The minimum absolute atomic E-state index is 0.118. The summed E-state index contributed by atoms with van der Waals surface area (Å²) in [6.07, 6.45) is 2.10. The highest BCUT2D eigenvalue weighted by molar-refractivity contribution is 7.99. The van der Waals surface area contributed by atoms with Gasteiger partial charge in [-0.2, -0.15) is 5.10 Å². The third-order valence-electron chi connectivity index (χ3n) is 6.63. The zero-order valence-electron chi connectivity index (χ0n) is 22.1. The number of hydrogen-bond donors (Lipinski definition) is 1. The number of rotatable bonds is 9. The zero-order chi connectivity index (χ0) is 28.2. The quantitative estimate of drug-likeness (QED) is 0.226. The summed E-state index contributed by atoms with van der Waals surface area (Å²) < 4.78 is 7.03. The van der Waals surface area contributed by atoms with Crippen molar-refractivity contribution in [3.05, 3.63) is 118 Å². The van der Waals surface area contributed by atoms with Crippen LogP contribution in [0.3, 0.4) is 0 Å². The van der Waals surface area contributed by atoms with E-state index in [1.807, 2.05) is 59.3 Å². The summed E-state index contributed by atoms with van der Waals surface area (Å²) in [7, 11) is 0. The number of carbonyl (C=O) groups excluding carboxylic acids is 2. The largest absolute Gasteiger partial charge is 0.459 e. The monoisotopic (exact) mass is 582 g/mol. The second kappa shape index (κ2) is 11.9. The van der Waals surface area contributed by atoms with E-state index in [0.717, 1.165) is 27.4 Å². The van der Waals surface area contributed by atoms with Crippen LogP contribution in [0.4, 0.5) is 0 Å². The first kappa shape index (κ1) is 26.7. The summed E-state index contributed by atoms with van der Waals surface area (Å²) in [4.78, 5) is 27.2. The third-order valence-corrected chi connectivity index (χ3v) is 8.46. The number of aromatic nitrogens is 3. The van der Waals surface area contributed by atoms with Gasteiger partial charge in [-0.1, -0.05) is 65.9 Å². The molecule has 1 aliphatic heterocycles. The summed E-state index contributed by atoms with van der Waals surface area (Å²) >= 11 is 2.91. The number of hydrazone groups is 1. The highest BCUT2D eigenvalue weighted by Crippen LogP contribution is 2.35. The van der Waals surface area contributed by atoms with Crippen molar-refractivity contribution >= 4 is 40.6 Å². The molecule has 0 saturated heterocycles. The lowest BCUT2D eigenvalue weighted by Gasteiger charge is -2.22. The van der Waals surface area contributed by atoms with E-state index in [9.17, 15) is 9.59 Å². The van der Waals surface area contributed by atoms with Gasteiger partial charge in [-0.3, -0.25) is 14.2 Å². The molecule has 0 radical (unpaired) electrons. The fourth-order valence-electron chi connectivity index (χ4n) is 4.57. The number of amides is 2. The van der Waals surface area contributed by atoms with Gasteiger partial charge in [-0.15, -0.1) is 21.5 Å². The second-order valence-corrected chi connectivity index (χ2v) is 11.3. The van der Waals surface area contributed by atoms with Gasteiger partial charge >= 0.3 is 0 Å². The number of aryl methyl sites for hydroxylation is 1. The Morgan fingerprint density at radius 1 is 1.02 bits per heavy atom. The van der Waals surface area contributed by atoms with Crippen LogP contribution in [-0.4, -0.2) is 43.1 Å². The van der Waals surface area contributed by atoms with Gasteiger partial charge in [0.05, 0.1) is 35.2 Å². The lowest BCUT2D eigenvalue weighted by molar-refractivity contribution is -0.130. The average molecular weight is 583 g/mol. The highest BCUT2D eigenvalue weighted by Gasteiger charge is 2.33. The molecule has 9 nitrogen and oxygen atoms in total. The Hall–Kier alpha value is -4.48. The van der Waals surface area contributed by atoms with Gasteiger partial charge in [0.15, 0.2) is 16.7 Å². The number of para-hydroxylation sites is 1. The summed E-state index contributed by atoms with van der Waals surface area (Å²) in [6, 6.07) is 25.0. The van der Waals surface area contributed by atoms with Crippen molar-refractivity contribution in [1.82, 2.24) is 25.1 Å². The van der Waals surface area contributed by atoms with E-state index in [1.165, 1.54) is 18.0 Å². The number of thiophene rings is 1. The number of nitrogens with one attached hydrogen (secondary N) is 1. The predicted octanol–water partition coefficient (Wildman–Crippen LogP) is 5.63. The number of furan rings is 1. The molecule has 2 aromatic carbocycles. The number of nitrogens with zero attached hydrogens (tertiary/aromatic N) is 5. The Bertz CT molecular complexity index is 1660. The van der Waals surface area contributed by atoms with Gasteiger partial charge in [0.25, 0.3) is 11.8 Å². The standard InChI is InChI=1S/C30H26N6O3S2/c1-20-11-13-21(14-12-20)24-17-23(26-10-6-16-40-26)34-36(24)28(37)19-41-30-33-32-27(35(30)22-7-3-2-4-8-22)18-31-29(38)25-9-5-15-39-25/h2-16,24H,17-19H2,1H3,(H,31,38). The summed E-state index contributed by atoms with van der Waals surface area (Å²) in [5.41, 5.74) is 3.94. The lowest BCUT2D eigenvalue weighted by Crippen LogP contribution is -2.28. The molecule has 1 unspecified atom stereocenters. The molecular weight excluding hydrogens is 557 g/mol. The van der Waals surface area contributed by atoms with Crippen molar-refractivity contribution < 1.29 is 14.0 Å². The van der Waals surface area contributed by atoms with Crippen molar-refractivity contribution in [1.29, 1.82) is 0 Å². The van der Waals surface area contributed by atoms with Gasteiger partial charge in [0.1, 0.15) is 0 Å². The summed E-state index contributed by atoms with van der Waals surface area (Å²) in [5, 5.41) is 20.5. The van der Waals surface area contributed by atoms with Gasteiger partial charge < -0.3 is 9.73 Å². The first-order valence-electron chi connectivity index (χ1n) is 13.0. The van der Waals surface area contributed by atoms with Crippen molar-refractivity contribution in [2.45, 2.75) is 31.1 Å². The van der Waals surface area contributed by atoms with Crippen LogP contribution < -0.4 is 5.32 Å². The smallest absolute Gasteiger partial charge is 0.287 e. The minimum Gasteiger partial charge on any atom is -0.459 e. The third kappa shape index (κ3) is 5.86. The Labute approximate surface area is 244 Å². The first-order valence-corrected chi connectivity index (χ1v) is 14.9. The molecule has 3 aromatic heterocycles. The van der Waals surface area contributed by atoms with Crippen LogP contribution in [0.5, 0.6) is 0 Å². The Morgan fingerprint density at radius 2 is 1.85 bits per heavy atom. The van der Waals surface area contributed by atoms with E-state index in [0.29, 0.717) is 17.4 Å². The normalized spacial score (nSPS) is 14.7. The maximum Gasteiger partial charge on any atom is 0.287 e. The van der Waals surface area contributed by atoms with Gasteiger partial charge in [0.2, 0.25) is 0 Å². The highest BCUT2D eigenvalue weighted by atomic mass is 32.2. The molecular formula is C30H26N6O3S2. The van der Waals surface area contributed by atoms with Crippen LogP contribution in [0.15, 0.2) is 105 Å². The molecule has 1 atom stereocenters. The van der Waals surface area contributed by atoms with E-state index in [2.05, 4.69) is 39.8 Å². The Kier molecular flexibility index (Phi) is 7.79. The second-order valence-electron chi connectivity index (χ2n) is 9.41. The molecule has 0 fully saturated rings. The number of benzene rings is 2. The molecule has 1 N–H and O–H groups in total. The van der Waals surface area contributed by atoms with E-state index in [1.54, 1.807) is 28.5 Å². The van der Waals surface area contributed by atoms with E-state index < -0.39 is 0 Å². The van der Waals surface area contributed by atoms with E-state index in [-0.39, 0.29) is 35.9 Å². The Balaban J connectivity index is 1.23. The fraction of sp³-hybridized carbons (Fsp3) is 0.167. The first-order chi connectivity index (χ1) is 20.1. The number of thioether (sulfide) groups is 1. The molecule has 41 heavy (non-hydrogen) atoms. The van der Waals surface area contributed by atoms with Crippen LogP contribution >= 0.6 is 23.1 Å². The molecule has 5 aromatic rings. The maximum absolute atomic E-state index is 13.7. The van der Waals surface area contributed by atoms with E-state index in [4.69, 9.17) is 9.52 Å². The van der Waals surface area contributed by atoms with Crippen molar-refractivity contribution in [2.24, 2.45) is 5.10 Å². The van der Waals surface area contributed by atoms with Gasteiger partial charge in [-0.05, 0) is 48.2 Å². The predicted molar refractivity (Wildman–Crippen MR) is 158 cm³/mol. The molecule has 11 heteroatoms. The average Bonchev–Trinajstić information content (AvgIpc) is 3.82. The minimum atomic E-state index is -0.349. The van der Waals surface area contributed by atoms with Crippen LogP contribution in [-0.2, 0) is 11.3 Å². The van der Waals surface area contributed by atoms with Crippen molar-refractivity contribution in [3.63, 3.8) is 0 Å². The van der Waals surface area contributed by atoms with E-state index >= 15 is 0 Å². The molecule has 0 aliphatic carbocycles. The van der Waals surface area contributed by atoms with Crippen LogP contribution in [0.2, 0.25) is 0 Å². The molecule has 206 valence electrons. The summed E-state index contributed by atoms with van der Waals surface area (Å²) in [5.74, 6) is 0.391. The molecule has 4 heterocycles.